The van der Waals surface area contributed by atoms with Crippen molar-refractivity contribution in [2.45, 2.75) is 0 Å². The van der Waals surface area contributed by atoms with E-state index in [0.717, 1.165) is 27.9 Å². The highest BCUT2D eigenvalue weighted by Crippen LogP contribution is 2.31. The van der Waals surface area contributed by atoms with Gasteiger partial charge in [0.25, 0.3) is 0 Å². The average molecular weight is 507 g/mol. The fourth-order valence-corrected chi connectivity index (χ4v) is 5.03. The SMILES string of the molecule is O=c1c(N=Nc2nccs2)c(-c2ccccc2)[nH]n1-c1nc(-c2ccc(-c3ccccc3)cc2)cs1. The van der Waals surface area contributed by atoms with E-state index in [-0.39, 0.29) is 11.2 Å². The van der Waals surface area contributed by atoms with Crippen LogP contribution in [0.2, 0.25) is 0 Å². The molecule has 0 atom stereocenters. The minimum absolute atomic E-state index is 0.209. The zero-order valence-electron chi connectivity index (χ0n) is 18.8. The molecule has 3 aromatic carbocycles. The maximum absolute atomic E-state index is 13.4. The molecule has 0 aliphatic rings. The van der Waals surface area contributed by atoms with Crippen LogP contribution in [-0.2, 0) is 0 Å². The number of rotatable bonds is 6. The van der Waals surface area contributed by atoms with Crippen molar-refractivity contribution in [3.8, 4) is 38.8 Å². The van der Waals surface area contributed by atoms with Crippen LogP contribution in [0.1, 0.15) is 0 Å². The Morgan fingerprint density at radius 2 is 1.42 bits per heavy atom. The number of aromatic nitrogens is 4. The van der Waals surface area contributed by atoms with Crippen molar-refractivity contribution in [1.82, 2.24) is 19.7 Å². The molecule has 6 rings (SSSR count). The van der Waals surface area contributed by atoms with Crippen molar-refractivity contribution in [1.29, 1.82) is 0 Å². The molecule has 3 heterocycles. The highest BCUT2D eigenvalue weighted by atomic mass is 32.1. The molecule has 9 heteroatoms. The summed E-state index contributed by atoms with van der Waals surface area (Å²) < 4.78 is 1.42. The minimum atomic E-state index is -0.325. The Bertz CT molecular complexity index is 1680. The lowest BCUT2D eigenvalue weighted by molar-refractivity contribution is 0.843. The summed E-state index contributed by atoms with van der Waals surface area (Å²) in [6, 6.07) is 28.0. The number of aromatic amines is 1. The van der Waals surface area contributed by atoms with Crippen molar-refractivity contribution in [2.75, 3.05) is 0 Å². The Hall–Kier alpha value is -4.47. The zero-order chi connectivity index (χ0) is 24.3. The molecule has 3 aromatic heterocycles. The Morgan fingerprint density at radius 3 is 2.11 bits per heavy atom. The maximum atomic E-state index is 13.4. The van der Waals surface area contributed by atoms with Crippen LogP contribution in [0.5, 0.6) is 0 Å². The molecule has 0 amide bonds. The number of thiazole rings is 2. The first kappa shape index (κ1) is 22.0. The molecule has 36 heavy (non-hydrogen) atoms. The maximum Gasteiger partial charge on any atom is 0.301 e. The van der Waals surface area contributed by atoms with Gasteiger partial charge in [0, 0.05) is 28.1 Å². The fraction of sp³-hybridized carbons (Fsp3) is 0. The summed E-state index contributed by atoms with van der Waals surface area (Å²) in [5, 5.41) is 16.4. The number of H-pyrrole nitrogens is 1. The molecule has 0 saturated carbocycles. The Kier molecular flexibility index (Phi) is 5.90. The van der Waals surface area contributed by atoms with E-state index in [0.29, 0.717) is 16.0 Å². The van der Waals surface area contributed by atoms with Gasteiger partial charge in [0.15, 0.2) is 5.69 Å². The molecule has 0 spiro atoms. The standard InChI is InChI=1S/C27H18N6OS2/c34-25-24(30-31-26-28-15-16-35-26)23(21-9-5-2-6-10-21)32-33(25)27-29-22(17-36-27)20-13-11-19(12-14-20)18-7-3-1-4-8-18/h1-17,32H. The second kappa shape index (κ2) is 9.65. The molecule has 6 aromatic rings. The minimum Gasteiger partial charge on any atom is -0.286 e. The van der Waals surface area contributed by atoms with Crippen molar-refractivity contribution in [3.05, 3.63) is 112 Å². The van der Waals surface area contributed by atoms with Crippen LogP contribution in [0.15, 0.2) is 117 Å². The van der Waals surface area contributed by atoms with E-state index in [1.807, 2.05) is 71.4 Å². The largest absolute Gasteiger partial charge is 0.301 e. The first-order chi connectivity index (χ1) is 17.8. The molecule has 0 aliphatic carbocycles. The topological polar surface area (TPSA) is 88.3 Å². The van der Waals surface area contributed by atoms with E-state index in [1.165, 1.54) is 27.4 Å². The van der Waals surface area contributed by atoms with E-state index >= 15 is 0 Å². The second-order valence-electron chi connectivity index (χ2n) is 7.82. The number of benzene rings is 3. The number of hydrogen-bond donors (Lipinski definition) is 1. The third-order valence-corrected chi connectivity index (χ3v) is 7.04. The van der Waals surface area contributed by atoms with Gasteiger partial charge in [-0.3, -0.25) is 9.89 Å². The summed E-state index contributed by atoms with van der Waals surface area (Å²) in [4.78, 5) is 22.3. The van der Waals surface area contributed by atoms with E-state index in [4.69, 9.17) is 4.98 Å². The van der Waals surface area contributed by atoms with Crippen LogP contribution in [0.3, 0.4) is 0 Å². The normalized spacial score (nSPS) is 11.3. The first-order valence-electron chi connectivity index (χ1n) is 11.1. The molecular weight excluding hydrogens is 488 g/mol. The number of azo groups is 1. The number of nitrogens with one attached hydrogen (secondary N) is 1. The predicted octanol–water partition coefficient (Wildman–Crippen LogP) is 7.50. The first-order valence-corrected chi connectivity index (χ1v) is 12.9. The molecular formula is C27H18N6OS2. The van der Waals surface area contributed by atoms with Crippen molar-refractivity contribution in [2.24, 2.45) is 10.2 Å². The lowest BCUT2D eigenvalue weighted by Crippen LogP contribution is -2.13. The molecule has 0 fully saturated rings. The summed E-state index contributed by atoms with van der Waals surface area (Å²) in [6.07, 6.45) is 1.65. The summed E-state index contributed by atoms with van der Waals surface area (Å²) in [5.41, 5.74) is 5.36. The second-order valence-corrected chi connectivity index (χ2v) is 9.52. The third-order valence-electron chi connectivity index (χ3n) is 5.55. The highest BCUT2D eigenvalue weighted by molar-refractivity contribution is 7.13. The van der Waals surface area contributed by atoms with E-state index in [2.05, 4.69) is 44.6 Å². The Morgan fingerprint density at radius 1 is 0.750 bits per heavy atom. The van der Waals surface area contributed by atoms with Gasteiger partial charge >= 0.3 is 5.56 Å². The smallest absolute Gasteiger partial charge is 0.286 e. The lowest BCUT2D eigenvalue weighted by Gasteiger charge is -2.03. The van der Waals surface area contributed by atoms with Gasteiger partial charge in [-0.15, -0.1) is 32.9 Å². The lowest BCUT2D eigenvalue weighted by atomic mass is 10.0. The molecule has 174 valence electrons. The van der Waals surface area contributed by atoms with Crippen LogP contribution in [-0.4, -0.2) is 19.7 Å². The van der Waals surface area contributed by atoms with Crippen LogP contribution in [0.4, 0.5) is 10.8 Å². The molecule has 1 N–H and O–H groups in total. The van der Waals surface area contributed by atoms with Gasteiger partial charge in [-0.1, -0.05) is 84.9 Å². The number of hydrogen-bond acceptors (Lipinski definition) is 7. The monoisotopic (exact) mass is 506 g/mol. The van der Waals surface area contributed by atoms with E-state index in [1.54, 1.807) is 6.20 Å². The van der Waals surface area contributed by atoms with Crippen LogP contribution in [0.25, 0.3) is 38.8 Å². The Balaban J connectivity index is 1.36. The molecule has 0 radical (unpaired) electrons. The van der Waals surface area contributed by atoms with E-state index < -0.39 is 0 Å². The van der Waals surface area contributed by atoms with Gasteiger partial charge < -0.3 is 0 Å². The van der Waals surface area contributed by atoms with Crippen LogP contribution >= 0.6 is 22.7 Å². The van der Waals surface area contributed by atoms with Gasteiger partial charge in [-0.25, -0.2) is 9.97 Å². The van der Waals surface area contributed by atoms with E-state index in [9.17, 15) is 4.79 Å². The quantitative estimate of drug-likeness (QED) is 0.237. The predicted molar refractivity (Wildman–Crippen MR) is 145 cm³/mol. The summed E-state index contributed by atoms with van der Waals surface area (Å²) in [7, 11) is 0. The Labute approximate surface area is 214 Å². The summed E-state index contributed by atoms with van der Waals surface area (Å²) in [5.74, 6) is 0. The molecule has 0 saturated heterocycles. The highest BCUT2D eigenvalue weighted by Gasteiger charge is 2.19. The third kappa shape index (κ3) is 4.33. The van der Waals surface area contributed by atoms with Gasteiger partial charge in [0.05, 0.1) is 11.4 Å². The summed E-state index contributed by atoms with van der Waals surface area (Å²) in [6.45, 7) is 0. The zero-order valence-corrected chi connectivity index (χ0v) is 20.4. The van der Waals surface area contributed by atoms with Gasteiger partial charge in [-0.05, 0) is 11.1 Å². The van der Waals surface area contributed by atoms with Gasteiger partial charge in [0.2, 0.25) is 10.3 Å². The number of nitrogens with zero attached hydrogens (tertiary/aromatic N) is 5. The molecule has 7 nitrogen and oxygen atoms in total. The van der Waals surface area contributed by atoms with Crippen molar-refractivity contribution >= 4 is 33.5 Å². The van der Waals surface area contributed by atoms with Crippen LogP contribution in [0, 0.1) is 0 Å². The van der Waals surface area contributed by atoms with Crippen LogP contribution < -0.4 is 5.56 Å². The van der Waals surface area contributed by atoms with Crippen molar-refractivity contribution < 1.29 is 0 Å². The molecule has 0 aliphatic heterocycles. The molecule has 0 unspecified atom stereocenters. The van der Waals surface area contributed by atoms with Gasteiger partial charge in [-0.2, -0.15) is 4.68 Å². The molecule has 0 bridgehead atoms. The van der Waals surface area contributed by atoms with Crippen molar-refractivity contribution in [3.63, 3.8) is 0 Å². The summed E-state index contributed by atoms with van der Waals surface area (Å²) >= 11 is 2.74. The fourth-order valence-electron chi connectivity index (χ4n) is 3.78. The van der Waals surface area contributed by atoms with Gasteiger partial charge in [0.1, 0.15) is 0 Å². The average Bonchev–Trinajstić information content (AvgIpc) is 3.70.